The summed E-state index contributed by atoms with van der Waals surface area (Å²) in [6.07, 6.45) is 2.47. The Labute approximate surface area is 83.4 Å². The molecule has 0 aliphatic heterocycles. The van der Waals surface area contributed by atoms with E-state index < -0.39 is 10.5 Å². The summed E-state index contributed by atoms with van der Waals surface area (Å²) >= 11 is 0. The van der Waals surface area contributed by atoms with Crippen molar-refractivity contribution in [2.24, 2.45) is 0 Å². The highest BCUT2D eigenvalue weighted by molar-refractivity contribution is 5.85. The van der Waals surface area contributed by atoms with Crippen LogP contribution in [0.25, 0.3) is 10.9 Å². The van der Waals surface area contributed by atoms with Crippen LogP contribution in [0.15, 0.2) is 35.4 Å². The minimum absolute atomic E-state index is 0.0602. The molecule has 2 rings (SSSR count). The number of aromatic nitrogens is 2. The van der Waals surface area contributed by atoms with Gasteiger partial charge in [0.05, 0.1) is 10.3 Å². The van der Waals surface area contributed by atoms with Crippen molar-refractivity contribution in [3.8, 4) is 0 Å². The Hall–Kier alpha value is -2.37. The van der Waals surface area contributed by atoms with Gasteiger partial charge in [0, 0.05) is 18.5 Å². The van der Waals surface area contributed by atoms with Crippen LogP contribution in [0.1, 0.15) is 0 Å². The van der Waals surface area contributed by atoms with Gasteiger partial charge in [0.2, 0.25) is 0 Å². The number of nitro benzene ring substituents is 1. The van der Waals surface area contributed by atoms with Crippen LogP contribution in [0.2, 0.25) is 0 Å². The van der Waals surface area contributed by atoms with E-state index in [-0.39, 0.29) is 16.6 Å². The molecule has 6 heteroatoms. The standard InChI is InChI=1S/C9H5N3O3/c13-9-6-2-1-3-7(12(14)15)8(6)10-4-5-11-9/h1-5H. The van der Waals surface area contributed by atoms with Gasteiger partial charge >= 0.3 is 0 Å². The molecule has 0 spiro atoms. The minimum atomic E-state index is -0.575. The second kappa shape index (κ2) is 3.41. The molecule has 0 aliphatic rings. The molecule has 0 unspecified atom stereocenters. The third-order valence-electron chi connectivity index (χ3n) is 1.90. The van der Waals surface area contributed by atoms with Crippen molar-refractivity contribution in [1.29, 1.82) is 0 Å². The second-order valence-corrected chi connectivity index (χ2v) is 2.79. The zero-order valence-corrected chi connectivity index (χ0v) is 7.45. The Balaban J connectivity index is 3.01. The summed E-state index contributed by atoms with van der Waals surface area (Å²) < 4.78 is 0. The van der Waals surface area contributed by atoms with Gasteiger partial charge in [-0.3, -0.25) is 14.9 Å². The van der Waals surface area contributed by atoms with E-state index in [1.807, 2.05) is 0 Å². The molecule has 0 saturated carbocycles. The molecule has 0 bridgehead atoms. The Kier molecular flexibility index (Phi) is 2.09. The van der Waals surface area contributed by atoms with Crippen LogP contribution < -0.4 is 5.56 Å². The van der Waals surface area contributed by atoms with Crippen LogP contribution in [0.3, 0.4) is 0 Å². The van der Waals surface area contributed by atoms with Crippen molar-refractivity contribution in [3.63, 3.8) is 0 Å². The van der Waals surface area contributed by atoms with E-state index in [9.17, 15) is 14.9 Å². The Morgan fingerprint density at radius 2 is 1.93 bits per heavy atom. The minimum Gasteiger partial charge on any atom is -0.267 e. The first kappa shape index (κ1) is 9.20. The maximum Gasteiger partial charge on any atom is 0.295 e. The van der Waals surface area contributed by atoms with E-state index in [0.29, 0.717) is 0 Å². The predicted octanol–water partition coefficient (Wildman–Crippen LogP) is 0.898. The number of non-ortho nitro benzene ring substituents is 1. The van der Waals surface area contributed by atoms with Gasteiger partial charge in [-0.1, -0.05) is 6.07 Å². The molecule has 2 aromatic rings. The van der Waals surface area contributed by atoms with Gasteiger partial charge in [-0.25, -0.2) is 9.97 Å². The Bertz CT molecular complexity index is 597. The molecule has 0 atom stereocenters. The lowest BCUT2D eigenvalue weighted by atomic mass is 10.2. The van der Waals surface area contributed by atoms with Crippen LogP contribution in [0.5, 0.6) is 0 Å². The number of nitrogens with zero attached hydrogens (tertiary/aromatic N) is 3. The van der Waals surface area contributed by atoms with E-state index in [1.54, 1.807) is 0 Å². The monoisotopic (exact) mass is 203 g/mol. The maximum absolute atomic E-state index is 11.4. The van der Waals surface area contributed by atoms with Gasteiger partial charge in [0.25, 0.3) is 11.2 Å². The van der Waals surface area contributed by atoms with E-state index in [0.717, 1.165) is 0 Å². The van der Waals surface area contributed by atoms with Gasteiger partial charge in [-0.2, -0.15) is 0 Å². The summed E-state index contributed by atoms with van der Waals surface area (Å²) in [6, 6.07) is 4.20. The molecule has 0 amide bonds. The first-order chi connectivity index (χ1) is 7.20. The van der Waals surface area contributed by atoms with E-state index in [2.05, 4.69) is 9.97 Å². The number of hydrogen-bond acceptors (Lipinski definition) is 5. The average Bonchev–Trinajstić information content (AvgIpc) is 2.40. The topological polar surface area (TPSA) is 86.0 Å². The highest BCUT2D eigenvalue weighted by Gasteiger charge is 2.12. The summed E-state index contributed by atoms with van der Waals surface area (Å²) in [5.74, 6) is 0. The maximum atomic E-state index is 11.4. The molecule has 1 heterocycles. The molecule has 0 aliphatic carbocycles. The van der Waals surface area contributed by atoms with Crippen molar-refractivity contribution in [1.82, 2.24) is 9.97 Å². The first-order valence-electron chi connectivity index (χ1n) is 4.08. The van der Waals surface area contributed by atoms with Crippen molar-refractivity contribution >= 4 is 16.6 Å². The molecule has 0 fully saturated rings. The highest BCUT2D eigenvalue weighted by atomic mass is 16.6. The fourth-order valence-corrected chi connectivity index (χ4v) is 1.27. The Morgan fingerprint density at radius 1 is 1.20 bits per heavy atom. The molecule has 74 valence electrons. The van der Waals surface area contributed by atoms with Crippen LogP contribution in [-0.2, 0) is 0 Å². The van der Waals surface area contributed by atoms with Gasteiger partial charge in [-0.05, 0) is 6.07 Å². The number of benzene rings is 1. The van der Waals surface area contributed by atoms with E-state index in [4.69, 9.17) is 0 Å². The molecule has 15 heavy (non-hydrogen) atoms. The highest BCUT2D eigenvalue weighted by Crippen LogP contribution is 2.19. The zero-order valence-electron chi connectivity index (χ0n) is 7.45. The van der Waals surface area contributed by atoms with Crippen LogP contribution in [0.4, 0.5) is 5.69 Å². The van der Waals surface area contributed by atoms with Crippen molar-refractivity contribution < 1.29 is 4.92 Å². The number of rotatable bonds is 1. The normalized spacial score (nSPS) is 10.1. The van der Waals surface area contributed by atoms with Crippen molar-refractivity contribution in [3.05, 3.63) is 51.1 Å². The van der Waals surface area contributed by atoms with Gasteiger partial charge in [-0.15, -0.1) is 0 Å². The van der Waals surface area contributed by atoms with E-state index >= 15 is 0 Å². The second-order valence-electron chi connectivity index (χ2n) is 2.79. The summed E-state index contributed by atoms with van der Waals surface area (Å²) in [7, 11) is 0. The molecular formula is C9H5N3O3. The van der Waals surface area contributed by atoms with Crippen LogP contribution in [-0.4, -0.2) is 14.9 Å². The number of para-hydroxylation sites is 1. The number of nitro groups is 1. The number of hydrogen-bond donors (Lipinski definition) is 0. The fourth-order valence-electron chi connectivity index (χ4n) is 1.27. The van der Waals surface area contributed by atoms with Gasteiger partial charge in [0.1, 0.15) is 0 Å². The summed E-state index contributed by atoms with van der Waals surface area (Å²) in [4.78, 5) is 28.8. The summed E-state index contributed by atoms with van der Waals surface area (Å²) in [5, 5.41) is 10.8. The molecular weight excluding hydrogens is 198 g/mol. The van der Waals surface area contributed by atoms with Crippen LogP contribution >= 0.6 is 0 Å². The Morgan fingerprint density at radius 3 is 2.67 bits per heavy atom. The zero-order chi connectivity index (χ0) is 10.8. The lowest BCUT2D eigenvalue weighted by Gasteiger charge is -1.92. The van der Waals surface area contributed by atoms with Crippen molar-refractivity contribution in [2.75, 3.05) is 0 Å². The van der Waals surface area contributed by atoms with Gasteiger partial charge < -0.3 is 0 Å². The SMILES string of the molecule is O=c1nccnc2c([N+](=O)[O-])cccc12. The van der Waals surface area contributed by atoms with E-state index in [1.165, 1.54) is 30.6 Å². The molecule has 1 aromatic carbocycles. The third kappa shape index (κ3) is 1.52. The van der Waals surface area contributed by atoms with Crippen molar-refractivity contribution in [2.45, 2.75) is 0 Å². The van der Waals surface area contributed by atoms with Crippen LogP contribution in [0, 0.1) is 10.1 Å². The first-order valence-corrected chi connectivity index (χ1v) is 4.08. The average molecular weight is 203 g/mol. The molecule has 6 nitrogen and oxygen atoms in total. The lowest BCUT2D eigenvalue weighted by molar-refractivity contribution is -0.383. The predicted molar refractivity (Wildman–Crippen MR) is 52.5 cm³/mol. The summed E-state index contributed by atoms with van der Waals surface area (Å²) in [6.45, 7) is 0. The number of fused-ring (bicyclic) bond motifs is 1. The lowest BCUT2D eigenvalue weighted by Crippen LogP contribution is -2.02. The third-order valence-corrected chi connectivity index (χ3v) is 1.90. The quantitative estimate of drug-likeness (QED) is 0.507. The molecule has 0 N–H and O–H groups in total. The molecule has 1 aromatic heterocycles. The molecule has 0 radical (unpaired) electrons. The van der Waals surface area contributed by atoms with Gasteiger partial charge in [0.15, 0.2) is 5.52 Å². The fraction of sp³-hybridized carbons (Fsp3) is 0. The summed E-state index contributed by atoms with van der Waals surface area (Å²) in [5.41, 5.74) is -0.654. The smallest absolute Gasteiger partial charge is 0.267 e. The molecule has 0 saturated heterocycles. The largest absolute Gasteiger partial charge is 0.295 e.